The second-order valence-corrected chi connectivity index (χ2v) is 9.63. The molecule has 0 saturated carbocycles. The predicted octanol–water partition coefficient (Wildman–Crippen LogP) is 4.85. The number of esters is 1. The Morgan fingerprint density at radius 2 is 1.71 bits per heavy atom. The highest BCUT2D eigenvalue weighted by molar-refractivity contribution is 7.13. The average molecular weight is 486 g/mol. The summed E-state index contributed by atoms with van der Waals surface area (Å²) in [6, 6.07) is 23.5. The van der Waals surface area contributed by atoms with Crippen LogP contribution in [0, 0.1) is 0 Å². The molecule has 4 aromatic rings. The molecule has 7 heteroatoms. The minimum absolute atomic E-state index is 0.158. The van der Waals surface area contributed by atoms with Crippen LogP contribution in [0.15, 0.2) is 78.2 Å². The molecule has 6 nitrogen and oxygen atoms in total. The van der Waals surface area contributed by atoms with Crippen molar-refractivity contribution in [3.8, 4) is 10.6 Å². The summed E-state index contributed by atoms with van der Waals surface area (Å²) in [5.74, 6) is -0.667. The lowest BCUT2D eigenvalue weighted by Crippen LogP contribution is -2.51. The number of nitrogens with zero attached hydrogens (tertiary/aromatic N) is 3. The number of carbonyl (C=O) groups is 2. The number of fused-ring (bicyclic) bond motifs is 1. The number of aromatic nitrogens is 1. The number of rotatable bonds is 6. The number of piperazine rings is 1. The van der Waals surface area contributed by atoms with Crippen LogP contribution in [0.3, 0.4) is 0 Å². The molecule has 0 N–H and O–H groups in total. The van der Waals surface area contributed by atoms with E-state index in [4.69, 9.17) is 9.72 Å². The number of thiophene rings is 1. The maximum absolute atomic E-state index is 13.2. The van der Waals surface area contributed by atoms with Crippen LogP contribution >= 0.6 is 11.3 Å². The summed E-state index contributed by atoms with van der Waals surface area (Å²) in [5.41, 5.74) is 3.13. The molecule has 0 unspecified atom stereocenters. The Morgan fingerprint density at radius 1 is 0.971 bits per heavy atom. The topological polar surface area (TPSA) is 62.7 Å². The van der Waals surface area contributed by atoms with Gasteiger partial charge < -0.3 is 9.64 Å². The van der Waals surface area contributed by atoms with Crippen molar-refractivity contribution in [3.63, 3.8) is 0 Å². The Labute approximate surface area is 208 Å². The third-order valence-electron chi connectivity index (χ3n) is 6.27. The van der Waals surface area contributed by atoms with Crippen LogP contribution in [0.1, 0.15) is 22.8 Å². The lowest BCUT2D eigenvalue weighted by atomic mass is 10.1. The van der Waals surface area contributed by atoms with Crippen molar-refractivity contribution in [2.75, 3.05) is 26.2 Å². The molecule has 0 bridgehead atoms. The zero-order valence-corrected chi connectivity index (χ0v) is 20.4. The summed E-state index contributed by atoms with van der Waals surface area (Å²) in [7, 11) is 0. The quantitative estimate of drug-likeness (QED) is 0.365. The van der Waals surface area contributed by atoms with Gasteiger partial charge in [0, 0.05) is 38.1 Å². The molecule has 5 rings (SSSR count). The van der Waals surface area contributed by atoms with E-state index in [0.717, 1.165) is 35.7 Å². The van der Waals surface area contributed by atoms with E-state index in [2.05, 4.69) is 17.0 Å². The van der Waals surface area contributed by atoms with Gasteiger partial charge in [-0.25, -0.2) is 9.78 Å². The minimum Gasteiger partial charge on any atom is -0.449 e. The van der Waals surface area contributed by atoms with Gasteiger partial charge in [0.25, 0.3) is 5.91 Å². The standard InChI is InChI=1S/C28H27N3O3S/c1-20(27(32)31-15-13-30(14-16-31)19-21-8-3-2-4-9-21)34-28(33)23-18-25(26-12-7-17-35-26)29-24-11-6-5-10-22(23)24/h2-12,17-18,20H,13-16,19H2,1H3/t20-/m0/s1. The first-order valence-corrected chi connectivity index (χ1v) is 12.7. The first-order valence-electron chi connectivity index (χ1n) is 11.8. The monoisotopic (exact) mass is 485 g/mol. The molecular formula is C28H27N3O3S. The average Bonchev–Trinajstić information content (AvgIpc) is 3.44. The van der Waals surface area contributed by atoms with Gasteiger partial charge >= 0.3 is 5.97 Å². The number of pyridine rings is 1. The lowest BCUT2D eigenvalue weighted by molar-refractivity contribution is -0.141. The lowest BCUT2D eigenvalue weighted by Gasteiger charge is -2.35. The molecule has 1 fully saturated rings. The molecule has 2 aromatic carbocycles. The fraction of sp³-hybridized carbons (Fsp3) is 0.250. The molecule has 1 saturated heterocycles. The van der Waals surface area contributed by atoms with Crippen LogP contribution in [-0.4, -0.2) is 58.9 Å². The summed E-state index contributed by atoms with van der Waals surface area (Å²) in [6.45, 7) is 5.35. The van der Waals surface area contributed by atoms with Crippen LogP contribution in [-0.2, 0) is 16.1 Å². The van der Waals surface area contributed by atoms with E-state index in [1.807, 2.05) is 60.0 Å². The third kappa shape index (κ3) is 5.26. The van der Waals surface area contributed by atoms with E-state index in [-0.39, 0.29) is 5.91 Å². The minimum atomic E-state index is -0.861. The van der Waals surface area contributed by atoms with Gasteiger partial charge in [-0.05, 0) is 36.1 Å². The van der Waals surface area contributed by atoms with Gasteiger partial charge in [-0.3, -0.25) is 9.69 Å². The normalized spacial score (nSPS) is 15.2. The Morgan fingerprint density at radius 3 is 2.46 bits per heavy atom. The highest BCUT2D eigenvalue weighted by atomic mass is 32.1. The van der Waals surface area contributed by atoms with Crippen molar-refractivity contribution in [1.29, 1.82) is 0 Å². The SMILES string of the molecule is C[C@H](OC(=O)c1cc(-c2cccs2)nc2ccccc12)C(=O)N1CCN(Cc2ccccc2)CC1. The molecular weight excluding hydrogens is 458 g/mol. The first-order chi connectivity index (χ1) is 17.1. The van der Waals surface area contributed by atoms with Crippen molar-refractivity contribution < 1.29 is 14.3 Å². The summed E-state index contributed by atoms with van der Waals surface area (Å²) >= 11 is 1.56. The van der Waals surface area contributed by atoms with Crippen LogP contribution in [0.2, 0.25) is 0 Å². The van der Waals surface area contributed by atoms with Crippen LogP contribution in [0.5, 0.6) is 0 Å². The second kappa shape index (κ2) is 10.4. The van der Waals surface area contributed by atoms with Gasteiger partial charge in [-0.1, -0.05) is 54.6 Å². The molecule has 2 aromatic heterocycles. The van der Waals surface area contributed by atoms with Crippen LogP contribution in [0.4, 0.5) is 0 Å². The molecule has 1 aliphatic rings. The van der Waals surface area contributed by atoms with Gasteiger partial charge in [0.05, 0.1) is 21.7 Å². The van der Waals surface area contributed by atoms with E-state index >= 15 is 0 Å². The molecule has 3 heterocycles. The number of para-hydroxylation sites is 1. The fourth-order valence-corrected chi connectivity index (χ4v) is 5.08. The zero-order valence-electron chi connectivity index (χ0n) is 19.6. The maximum atomic E-state index is 13.2. The van der Waals surface area contributed by atoms with Gasteiger partial charge in [-0.15, -0.1) is 11.3 Å². The zero-order chi connectivity index (χ0) is 24.2. The maximum Gasteiger partial charge on any atom is 0.339 e. The third-order valence-corrected chi connectivity index (χ3v) is 7.17. The molecule has 0 aliphatic carbocycles. The van der Waals surface area contributed by atoms with Crippen LogP contribution in [0.25, 0.3) is 21.5 Å². The molecule has 0 spiro atoms. The summed E-state index contributed by atoms with van der Waals surface area (Å²) in [6.07, 6.45) is -0.861. The smallest absolute Gasteiger partial charge is 0.339 e. The molecule has 1 aliphatic heterocycles. The Hall–Kier alpha value is -3.55. The molecule has 35 heavy (non-hydrogen) atoms. The van der Waals surface area contributed by atoms with E-state index < -0.39 is 12.1 Å². The van der Waals surface area contributed by atoms with Crippen LogP contribution < -0.4 is 0 Å². The van der Waals surface area contributed by atoms with Crippen molar-refractivity contribution >= 4 is 34.1 Å². The van der Waals surface area contributed by atoms with Crippen molar-refractivity contribution in [2.24, 2.45) is 0 Å². The highest BCUT2D eigenvalue weighted by Gasteiger charge is 2.28. The number of carbonyl (C=O) groups excluding carboxylic acids is 2. The molecule has 178 valence electrons. The molecule has 1 atom stereocenters. The van der Waals surface area contributed by atoms with E-state index in [1.54, 1.807) is 29.2 Å². The number of benzene rings is 2. The second-order valence-electron chi connectivity index (χ2n) is 8.68. The largest absolute Gasteiger partial charge is 0.449 e. The summed E-state index contributed by atoms with van der Waals surface area (Å²) in [4.78, 5) is 36.1. The fourth-order valence-electron chi connectivity index (χ4n) is 4.39. The summed E-state index contributed by atoms with van der Waals surface area (Å²) in [5, 5.41) is 2.69. The first kappa shape index (κ1) is 23.2. The van der Waals surface area contributed by atoms with Crippen molar-refractivity contribution in [2.45, 2.75) is 19.6 Å². The van der Waals surface area contributed by atoms with Gasteiger partial charge in [0.1, 0.15) is 0 Å². The predicted molar refractivity (Wildman–Crippen MR) is 138 cm³/mol. The van der Waals surface area contributed by atoms with E-state index in [9.17, 15) is 9.59 Å². The Kier molecular flexibility index (Phi) is 6.88. The Balaban J connectivity index is 1.25. The van der Waals surface area contributed by atoms with Gasteiger partial charge in [0.15, 0.2) is 6.10 Å². The van der Waals surface area contributed by atoms with Crippen molar-refractivity contribution in [3.05, 3.63) is 89.3 Å². The van der Waals surface area contributed by atoms with Gasteiger partial charge in [0.2, 0.25) is 0 Å². The molecule has 0 radical (unpaired) electrons. The highest BCUT2D eigenvalue weighted by Crippen LogP contribution is 2.28. The summed E-state index contributed by atoms with van der Waals surface area (Å²) < 4.78 is 5.69. The number of hydrogen-bond donors (Lipinski definition) is 0. The van der Waals surface area contributed by atoms with Crippen molar-refractivity contribution in [1.82, 2.24) is 14.8 Å². The van der Waals surface area contributed by atoms with E-state index in [1.165, 1.54) is 5.56 Å². The number of hydrogen-bond acceptors (Lipinski definition) is 6. The number of amides is 1. The molecule has 1 amide bonds. The van der Waals surface area contributed by atoms with Gasteiger partial charge in [-0.2, -0.15) is 0 Å². The van der Waals surface area contributed by atoms with E-state index in [0.29, 0.717) is 24.0 Å². The number of ether oxygens (including phenoxy) is 1. The Bertz CT molecular complexity index is 1320.